The highest BCUT2D eigenvalue weighted by Crippen LogP contribution is 2.27. The van der Waals surface area contributed by atoms with Crippen molar-refractivity contribution in [3.63, 3.8) is 0 Å². The molecule has 1 atom stereocenters. The van der Waals surface area contributed by atoms with Gasteiger partial charge in [0.05, 0.1) is 6.10 Å². The first kappa shape index (κ1) is 13.1. The molecule has 2 rings (SSSR count). The molecule has 0 saturated heterocycles. The number of rotatable bonds is 5. The molecule has 0 radical (unpaired) electrons. The second-order valence-corrected chi connectivity index (χ2v) is 5.30. The van der Waals surface area contributed by atoms with Crippen molar-refractivity contribution in [3.05, 3.63) is 60.2 Å². The van der Waals surface area contributed by atoms with Gasteiger partial charge >= 0.3 is 0 Å². The zero-order chi connectivity index (χ0) is 12.8. The van der Waals surface area contributed by atoms with Crippen molar-refractivity contribution >= 4 is 11.8 Å². The number of nitrogens with two attached hydrogens (primary N) is 1. The third-order valence-corrected chi connectivity index (χ3v) is 3.66. The largest absolute Gasteiger partial charge is 0.391 e. The van der Waals surface area contributed by atoms with E-state index >= 15 is 0 Å². The van der Waals surface area contributed by atoms with Crippen LogP contribution < -0.4 is 5.73 Å². The average Bonchev–Trinajstić information content (AvgIpc) is 2.42. The predicted octanol–water partition coefficient (Wildman–Crippen LogP) is 2.70. The molecule has 0 fully saturated rings. The Hall–Kier alpha value is -1.29. The summed E-state index contributed by atoms with van der Waals surface area (Å²) in [5.41, 5.74) is 6.51. The van der Waals surface area contributed by atoms with E-state index in [0.717, 1.165) is 5.56 Å². The monoisotopic (exact) mass is 259 g/mol. The lowest BCUT2D eigenvalue weighted by molar-refractivity contribution is 0.183. The third kappa shape index (κ3) is 3.88. The van der Waals surface area contributed by atoms with Crippen LogP contribution in [0.1, 0.15) is 5.56 Å². The summed E-state index contributed by atoms with van der Waals surface area (Å²) in [6.45, 7) is 0.306. The van der Waals surface area contributed by atoms with Crippen LogP contribution in [0.4, 0.5) is 0 Å². The Labute approximate surface area is 112 Å². The van der Waals surface area contributed by atoms with Crippen molar-refractivity contribution in [3.8, 4) is 0 Å². The summed E-state index contributed by atoms with van der Waals surface area (Å²) in [5, 5.41) is 9.49. The second kappa shape index (κ2) is 6.59. The summed E-state index contributed by atoms with van der Waals surface area (Å²) in [6, 6.07) is 18.5. The number of benzene rings is 2. The van der Waals surface area contributed by atoms with Crippen LogP contribution in [-0.4, -0.2) is 17.8 Å². The summed E-state index contributed by atoms with van der Waals surface area (Å²) >= 11 is 1.73. The molecule has 1 unspecified atom stereocenters. The van der Waals surface area contributed by atoms with Crippen molar-refractivity contribution in [2.75, 3.05) is 6.54 Å². The SMILES string of the molecule is NCC(O)Cc1ccc(Sc2ccccc2)cc1. The van der Waals surface area contributed by atoms with E-state index < -0.39 is 6.10 Å². The zero-order valence-electron chi connectivity index (χ0n) is 10.1. The van der Waals surface area contributed by atoms with Gasteiger partial charge in [-0.05, 0) is 36.2 Å². The third-order valence-electron chi connectivity index (χ3n) is 2.65. The van der Waals surface area contributed by atoms with Gasteiger partial charge in [0.1, 0.15) is 0 Å². The highest BCUT2D eigenvalue weighted by atomic mass is 32.2. The smallest absolute Gasteiger partial charge is 0.0702 e. The van der Waals surface area contributed by atoms with E-state index in [-0.39, 0.29) is 0 Å². The molecule has 0 saturated carbocycles. The van der Waals surface area contributed by atoms with E-state index in [4.69, 9.17) is 5.73 Å². The van der Waals surface area contributed by atoms with Gasteiger partial charge in [-0.1, -0.05) is 42.1 Å². The lowest BCUT2D eigenvalue weighted by atomic mass is 10.1. The molecular weight excluding hydrogens is 242 g/mol. The summed E-state index contributed by atoms with van der Waals surface area (Å²) in [6.07, 6.45) is 0.171. The van der Waals surface area contributed by atoms with E-state index in [9.17, 15) is 5.11 Å². The Morgan fingerprint density at radius 1 is 0.944 bits per heavy atom. The van der Waals surface area contributed by atoms with Gasteiger partial charge < -0.3 is 10.8 Å². The molecule has 94 valence electrons. The van der Waals surface area contributed by atoms with Crippen molar-refractivity contribution < 1.29 is 5.11 Å². The highest BCUT2D eigenvalue weighted by molar-refractivity contribution is 7.99. The van der Waals surface area contributed by atoms with Gasteiger partial charge in [0.25, 0.3) is 0 Å². The van der Waals surface area contributed by atoms with Crippen LogP contribution in [0.5, 0.6) is 0 Å². The van der Waals surface area contributed by atoms with Crippen molar-refractivity contribution in [1.29, 1.82) is 0 Å². The molecule has 0 amide bonds. The fraction of sp³-hybridized carbons (Fsp3) is 0.200. The second-order valence-electron chi connectivity index (χ2n) is 4.15. The minimum Gasteiger partial charge on any atom is -0.391 e. The molecule has 0 aliphatic carbocycles. The van der Waals surface area contributed by atoms with E-state index in [2.05, 4.69) is 24.3 Å². The molecule has 0 spiro atoms. The van der Waals surface area contributed by atoms with Crippen molar-refractivity contribution in [1.82, 2.24) is 0 Å². The molecule has 0 bridgehead atoms. The Morgan fingerprint density at radius 2 is 1.56 bits per heavy atom. The minimum atomic E-state index is -0.447. The van der Waals surface area contributed by atoms with Gasteiger partial charge in [-0.15, -0.1) is 0 Å². The van der Waals surface area contributed by atoms with Crippen molar-refractivity contribution in [2.24, 2.45) is 5.73 Å². The molecule has 18 heavy (non-hydrogen) atoms. The van der Waals surface area contributed by atoms with E-state index in [0.29, 0.717) is 13.0 Å². The zero-order valence-corrected chi connectivity index (χ0v) is 10.9. The first-order chi connectivity index (χ1) is 8.78. The number of aliphatic hydroxyl groups excluding tert-OH is 1. The van der Waals surface area contributed by atoms with E-state index in [1.54, 1.807) is 11.8 Å². The fourth-order valence-corrected chi connectivity index (χ4v) is 2.51. The molecule has 3 N–H and O–H groups in total. The average molecular weight is 259 g/mol. The van der Waals surface area contributed by atoms with E-state index in [1.165, 1.54) is 9.79 Å². The molecule has 0 heterocycles. The van der Waals surface area contributed by atoms with Gasteiger partial charge in [-0.25, -0.2) is 0 Å². The van der Waals surface area contributed by atoms with Crippen LogP contribution in [0, 0.1) is 0 Å². The number of hydrogen-bond acceptors (Lipinski definition) is 3. The summed E-state index contributed by atoms with van der Waals surface area (Å²) in [7, 11) is 0. The maximum absolute atomic E-state index is 9.49. The van der Waals surface area contributed by atoms with Crippen molar-refractivity contribution in [2.45, 2.75) is 22.3 Å². The number of hydrogen-bond donors (Lipinski definition) is 2. The Morgan fingerprint density at radius 3 is 2.17 bits per heavy atom. The molecule has 0 aliphatic heterocycles. The van der Waals surface area contributed by atoms with Crippen LogP contribution >= 0.6 is 11.8 Å². The standard InChI is InChI=1S/C15H17NOS/c16-11-13(17)10-12-6-8-15(9-7-12)18-14-4-2-1-3-5-14/h1-9,13,17H,10-11,16H2. The number of aliphatic hydroxyl groups is 1. The van der Waals surface area contributed by atoms with Crippen LogP contribution in [0.15, 0.2) is 64.4 Å². The van der Waals surface area contributed by atoms with Gasteiger partial charge in [0.2, 0.25) is 0 Å². The van der Waals surface area contributed by atoms with Gasteiger partial charge in [0, 0.05) is 16.3 Å². The Kier molecular flexibility index (Phi) is 4.81. The van der Waals surface area contributed by atoms with Crippen LogP contribution in [-0.2, 0) is 6.42 Å². The predicted molar refractivity (Wildman–Crippen MR) is 75.8 cm³/mol. The van der Waals surface area contributed by atoms with Gasteiger partial charge in [-0.3, -0.25) is 0 Å². The van der Waals surface area contributed by atoms with Crippen LogP contribution in [0.3, 0.4) is 0 Å². The first-order valence-corrected chi connectivity index (χ1v) is 6.79. The molecule has 2 nitrogen and oxygen atoms in total. The molecule has 0 aromatic heterocycles. The molecule has 2 aromatic carbocycles. The van der Waals surface area contributed by atoms with Crippen LogP contribution in [0.2, 0.25) is 0 Å². The Balaban J connectivity index is 2.00. The minimum absolute atomic E-state index is 0.306. The van der Waals surface area contributed by atoms with Gasteiger partial charge in [-0.2, -0.15) is 0 Å². The van der Waals surface area contributed by atoms with Crippen LogP contribution in [0.25, 0.3) is 0 Å². The lowest BCUT2D eigenvalue weighted by Crippen LogP contribution is -2.21. The molecular formula is C15H17NOS. The fourth-order valence-electron chi connectivity index (χ4n) is 1.67. The normalized spacial score (nSPS) is 12.3. The van der Waals surface area contributed by atoms with Gasteiger partial charge in [0.15, 0.2) is 0 Å². The quantitative estimate of drug-likeness (QED) is 0.868. The Bertz CT molecular complexity index is 470. The summed E-state index contributed by atoms with van der Waals surface area (Å²) < 4.78 is 0. The molecule has 3 heteroatoms. The first-order valence-electron chi connectivity index (χ1n) is 5.98. The molecule has 2 aromatic rings. The highest BCUT2D eigenvalue weighted by Gasteiger charge is 2.03. The maximum atomic E-state index is 9.49. The maximum Gasteiger partial charge on any atom is 0.0702 e. The summed E-state index contributed by atoms with van der Waals surface area (Å²) in [5.74, 6) is 0. The summed E-state index contributed by atoms with van der Waals surface area (Å²) in [4.78, 5) is 2.43. The molecule has 0 aliphatic rings. The van der Waals surface area contributed by atoms with E-state index in [1.807, 2.05) is 30.3 Å². The topological polar surface area (TPSA) is 46.2 Å². The lowest BCUT2D eigenvalue weighted by Gasteiger charge is -2.08.